The van der Waals surface area contributed by atoms with E-state index in [0.29, 0.717) is 0 Å². The van der Waals surface area contributed by atoms with E-state index in [4.69, 9.17) is 4.98 Å². The second-order valence-corrected chi connectivity index (χ2v) is 7.22. The van der Waals surface area contributed by atoms with Gasteiger partial charge in [-0.3, -0.25) is 0 Å². The topological polar surface area (TPSA) is 38.7 Å². The first-order chi connectivity index (χ1) is 12.3. The van der Waals surface area contributed by atoms with Crippen LogP contribution in [0.2, 0.25) is 0 Å². The van der Waals surface area contributed by atoms with Crippen LogP contribution in [0.3, 0.4) is 0 Å². The summed E-state index contributed by atoms with van der Waals surface area (Å²) in [5.41, 5.74) is 0. The van der Waals surface area contributed by atoms with Crippen LogP contribution in [-0.4, -0.2) is 15.0 Å². The highest BCUT2D eigenvalue weighted by Gasteiger charge is 2.06. The fourth-order valence-electron chi connectivity index (χ4n) is 3.14. The molecule has 1 aromatic rings. The summed E-state index contributed by atoms with van der Waals surface area (Å²) >= 11 is 0. The molecule has 3 nitrogen and oxygen atoms in total. The molecule has 143 valence electrons. The van der Waals surface area contributed by atoms with E-state index in [2.05, 4.69) is 30.7 Å². The number of aromatic nitrogens is 3. The largest absolute Gasteiger partial charge is 0.218 e. The second-order valence-electron chi connectivity index (χ2n) is 7.22. The lowest BCUT2D eigenvalue weighted by atomic mass is 10.1. The van der Waals surface area contributed by atoms with Crippen LogP contribution in [-0.2, 0) is 19.3 Å². The van der Waals surface area contributed by atoms with Gasteiger partial charge in [0, 0.05) is 19.3 Å². The summed E-state index contributed by atoms with van der Waals surface area (Å²) in [6.07, 6.45) is 19.5. The van der Waals surface area contributed by atoms with Crippen LogP contribution in [0, 0.1) is 6.92 Å². The van der Waals surface area contributed by atoms with E-state index >= 15 is 0 Å². The highest BCUT2D eigenvalue weighted by Crippen LogP contribution is 2.11. The minimum absolute atomic E-state index is 0.858. The Morgan fingerprint density at radius 2 is 0.880 bits per heavy atom. The molecule has 1 aromatic heterocycles. The molecule has 0 N–H and O–H groups in total. The zero-order valence-corrected chi connectivity index (χ0v) is 16.9. The maximum absolute atomic E-state index is 4.74. The summed E-state index contributed by atoms with van der Waals surface area (Å²) in [6.45, 7) is 8.48. The first-order valence-electron chi connectivity index (χ1n) is 10.8. The monoisotopic (exact) mass is 346 g/mol. The SMILES string of the molecule is [CH2]CCc1nc(CCCCCCCC)nc(CCCCCCCC)n1. The smallest absolute Gasteiger partial charge is 0.132 e. The lowest BCUT2D eigenvalue weighted by Crippen LogP contribution is -2.08. The van der Waals surface area contributed by atoms with Crippen LogP contribution >= 0.6 is 0 Å². The molecule has 0 aliphatic rings. The molecule has 0 unspecified atom stereocenters. The van der Waals surface area contributed by atoms with E-state index in [1.54, 1.807) is 0 Å². The molecule has 0 aromatic carbocycles. The van der Waals surface area contributed by atoms with Gasteiger partial charge in [0.15, 0.2) is 0 Å². The standard InChI is InChI=1S/C22H40N3/c1-4-7-9-11-13-15-18-21-23-20(17-6-3)24-22(25-21)19-16-14-12-10-8-5-2/h3-19H2,1-2H3. The summed E-state index contributed by atoms with van der Waals surface area (Å²) in [5.74, 6) is 2.97. The quantitative estimate of drug-likeness (QED) is 0.323. The number of hydrogen-bond donors (Lipinski definition) is 0. The molecule has 1 rings (SSSR count). The van der Waals surface area contributed by atoms with E-state index in [9.17, 15) is 0 Å². The normalized spacial score (nSPS) is 11.2. The maximum Gasteiger partial charge on any atom is 0.132 e. The molecule has 0 saturated carbocycles. The molecule has 1 radical (unpaired) electrons. The first-order valence-corrected chi connectivity index (χ1v) is 10.8. The van der Waals surface area contributed by atoms with Crippen molar-refractivity contribution >= 4 is 0 Å². The Morgan fingerprint density at radius 1 is 0.520 bits per heavy atom. The van der Waals surface area contributed by atoms with Gasteiger partial charge in [0.1, 0.15) is 17.5 Å². The molecular weight excluding hydrogens is 306 g/mol. The Hall–Kier alpha value is -0.990. The Labute approximate surface area is 156 Å². The van der Waals surface area contributed by atoms with Crippen LogP contribution in [0.25, 0.3) is 0 Å². The van der Waals surface area contributed by atoms with E-state index in [0.717, 1.165) is 43.2 Å². The first kappa shape index (κ1) is 22.1. The number of aryl methyl sites for hydroxylation is 3. The van der Waals surface area contributed by atoms with Crippen molar-refractivity contribution in [2.24, 2.45) is 0 Å². The van der Waals surface area contributed by atoms with Crippen molar-refractivity contribution in [2.75, 3.05) is 0 Å². The van der Waals surface area contributed by atoms with Gasteiger partial charge < -0.3 is 0 Å². The minimum atomic E-state index is 0.858. The van der Waals surface area contributed by atoms with Crippen molar-refractivity contribution in [2.45, 2.75) is 117 Å². The van der Waals surface area contributed by atoms with Crippen molar-refractivity contribution in [1.29, 1.82) is 0 Å². The van der Waals surface area contributed by atoms with Gasteiger partial charge in [0.2, 0.25) is 0 Å². The fourth-order valence-corrected chi connectivity index (χ4v) is 3.14. The summed E-state index contributed by atoms with van der Waals surface area (Å²) in [5, 5.41) is 0. The van der Waals surface area contributed by atoms with Gasteiger partial charge in [0.05, 0.1) is 0 Å². The van der Waals surface area contributed by atoms with Crippen molar-refractivity contribution < 1.29 is 0 Å². The lowest BCUT2D eigenvalue weighted by Gasteiger charge is -2.07. The van der Waals surface area contributed by atoms with Crippen LogP contribution in [0.15, 0.2) is 0 Å². The molecule has 0 aliphatic carbocycles. The molecule has 0 aliphatic heterocycles. The van der Waals surface area contributed by atoms with E-state index in [1.807, 2.05) is 0 Å². The summed E-state index contributed by atoms with van der Waals surface area (Å²) in [6, 6.07) is 0. The molecule has 0 atom stereocenters. The van der Waals surface area contributed by atoms with Crippen molar-refractivity contribution in [1.82, 2.24) is 15.0 Å². The zero-order chi connectivity index (χ0) is 18.2. The third-order valence-electron chi connectivity index (χ3n) is 4.68. The zero-order valence-electron chi connectivity index (χ0n) is 16.9. The molecule has 0 amide bonds. The fraction of sp³-hybridized carbons (Fsp3) is 0.818. The average Bonchev–Trinajstić information content (AvgIpc) is 2.61. The molecule has 25 heavy (non-hydrogen) atoms. The van der Waals surface area contributed by atoms with Crippen LogP contribution in [0.1, 0.15) is 115 Å². The summed E-state index contributed by atoms with van der Waals surface area (Å²) < 4.78 is 0. The number of rotatable bonds is 16. The Morgan fingerprint density at radius 3 is 1.28 bits per heavy atom. The highest BCUT2D eigenvalue weighted by atomic mass is 15.0. The molecule has 1 heterocycles. The van der Waals surface area contributed by atoms with Gasteiger partial charge in [-0.25, -0.2) is 15.0 Å². The maximum atomic E-state index is 4.74. The van der Waals surface area contributed by atoms with Gasteiger partial charge >= 0.3 is 0 Å². The second kappa shape index (κ2) is 15.3. The Balaban J connectivity index is 2.41. The lowest BCUT2D eigenvalue weighted by molar-refractivity contribution is 0.585. The van der Waals surface area contributed by atoms with Gasteiger partial charge in [-0.15, -0.1) is 0 Å². The van der Waals surface area contributed by atoms with Crippen molar-refractivity contribution in [3.8, 4) is 0 Å². The number of unbranched alkanes of at least 4 members (excludes halogenated alkanes) is 10. The van der Waals surface area contributed by atoms with E-state index in [-0.39, 0.29) is 0 Å². The molecule has 0 fully saturated rings. The molecule has 3 heteroatoms. The van der Waals surface area contributed by atoms with Crippen LogP contribution in [0.4, 0.5) is 0 Å². The van der Waals surface area contributed by atoms with Crippen molar-refractivity contribution in [3.05, 3.63) is 24.4 Å². The summed E-state index contributed by atoms with van der Waals surface area (Å²) in [7, 11) is 0. The van der Waals surface area contributed by atoms with Crippen molar-refractivity contribution in [3.63, 3.8) is 0 Å². The van der Waals surface area contributed by atoms with Gasteiger partial charge in [0.25, 0.3) is 0 Å². The van der Waals surface area contributed by atoms with Crippen LogP contribution < -0.4 is 0 Å². The third-order valence-corrected chi connectivity index (χ3v) is 4.68. The molecule has 0 bridgehead atoms. The highest BCUT2D eigenvalue weighted by molar-refractivity contribution is 4.99. The Bertz CT molecular complexity index is 397. The predicted molar refractivity (Wildman–Crippen MR) is 108 cm³/mol. The van der Waals surface area contributed by atoms with E-state index in [1.165, 1.54) is 77.0 Å². The summed E-state index contributed by atoms with van der Waals surface area (Å²) in [4.78, 5) is 14.1. The molecule has 0 spiro atoms. The number of hydrogen-bond acceptors (Lipinski definition) is 3. The number of nitrogens with zero attached hydrogens (tertiary/aromatic N) is 3. The average molecular weight is 347 g/mol. The van der Waals surface area contributed by atoms with Gasteiger partial charge in [-0.05, 0) is 19.3 Å². The van der Waals surface area contributed by atoms with E-state index < -0.39 is 0 Å². The predicted octanol–water partition coefficient (Wildman–Crippen LogP) is 6.44. The van der Waals surface area contributed by atoms with Gasteiger partial charge in [-0.2, -0.15) is 0 Å². The van der Waals surface area contributed by atoms with Crippen LogP contribution in [0.5, 0.6) is 0 Å². The molecule has 0 saturated heterocycles. The third kappa shape index (κ3) is 11.3. The van der Waals surface area contributed by atoms with Gasteiger partial charge in [-0.1, -0.05) is 85.0 Å². The Kier molecular flexibility index (Phi) is 13.5. The minimum Gasteiger partial charge on any atom is -0.218 e. The molecular formula is C22H40N3.